The van der Waals surface area contributed by atoms with E-state index in [2.05, 4.69) is 50.9 Å². The normalized spacial score (nSPS) is 20.7. The first kappa shape index (κ1) is 21.9. The number of nitrogen functional groups attached to an aromatic ring is 1. The Morgan fingerprint density at radius 3 is 2.77 bits per heavy atom. The van der Waals surface area contributed by atoms with Crippen LogP contribution in [-0.4, -0.2) is 34.7 Å². The first-order valence-corrected chi connectivity index (χ1v) is 11.5. The summed E-state index contributed by atoms with van der Waals surface area (Å²) in [4.78, 5) is 15.9. The first-order valence-electron chi connectivity index (χ1n) is 10.3. The van der Waals surface area contributed by atoms with Crippen molar-refractivity contribution >= 4 is 40.9 Å². The smallest absolute Gasteiger partial charge is 0.146 e. The molecule has 4 rings (SSSR count). The summed E-state index contributed by atoms with van der Waals surface area (Å²) in [5.41, 5.74) is 15.3. The van der Waals surface area contributed by atoms with Crippen LogP contribution in [0.2, 0.25) is 5.02 Å². The number of nitrogens with two attached hydrogens (primary N) is 2. The zero-order valence-electron chi connectivity index (χ0n) is 17.6. The summed E-state index contributed by atoms with van der Waals surface area (Å²) in [5.74, 6) is 1.09. The lowest BCUT2D eigenvalue weighted by molar-refractivity contribution is 0.109. The molecule has 8 heteroatoms. The molecule has 1 fully saturated rings. The Balaban J connectivity index is 1.42. The Bertz CT molecular complexity index is 1040. The van der Waals surface area contributed by atoms with Gasteiger partial charge in [-0.1, -0.05) is 47.6 Å². The van der Waals surface area contributed by atoms with Gasteiger partial charge in [-0.2, -0.15) is 0 Å². The second-order valence-electron chi connectivity index (χ2n) is 8.11. The van der Waals surface area contributed by atoms with Crippen LogP contribution < -0.4 is 11.5 Å². The number of rotatable bonds is 4. The number of nitrogens with zero attached hydrogens (tertiary/aromatic N) is 4. The second-order valence-corrected chi connectivity index (χ2v) is 9.72. The number of aliphatic imine (C=N–C) groups is 2. The zero-order valence-corrected chi connectivity index (χ0v) is 19.2. The molecule has 1 aliphatic heterocycles. The van der Waals surface area contributed by atoms with Crippen LogP contribution in [0.5, 0.6) is 0 Å². The summed E-state index contributed by atoms with van der Waals surface area (Å²) in [6, 6.07) is 10.5. The van der Waals surface area contributed by atoms with Crippen molar-refractivity contribution < 1.29 is 0 Å². The molecular weight excluding hydrogens is 428 g/mol. The minimum absolute atomic E-state index is 0.101. The highest BCUT2D eigenvalue weighted by Crippen LogP contribution is 2.50. The Hall–Kier alpha value is -2.35. The lowest BCUT2D eigenvalue weighted by Crippen LogP contribution is -2.43. The van der Waals surface area contributed by atoms with Gasteiger partial charge in [0.15, 0.2) is 0 Å². The van der Waals surface area contributed by atoms with Crippen LogP contribution in [0.1, 0.15) is 36.9 Å². The topological polar surface area (TPSA) is 92.9 Å². The van der Waals surface area contributed by atoms with Crippen molar-refractivity contribution in [1.82, 2.24) is 9.88 Å². The second kappa shape index (κ2) is 9.02. The van der Waals surface area contributed by atoms with Crippen molar-refractivity contribution in [3.63, 3.8) is 0 Å². The van der Waals surface area contributed by atoms with E-state index in [0.29, 0.717) is 10.8 Å². The molecule has 1 aliphatic carbocycles. The van der Waals surface area contributed by atoms with Gasteiger partial charge in [0, 0.05) is 30.2 Å². The first-order chi connectivity index (χ1) is 14.9. The fourth-order valence-corrected chi connectivity index (χ4v) is 5.54. The van der Waals surface area contributed by atoms with Crippen LogP contribution >= 0.6 is 23.4 Å². The lowest BCUT2D eigenvalue weighted by atomic mass is 9.73. The van der Waals surface area contributed by atoms with E-state index in [1.165, 1.54) is 22.9 Å². The molecule has 0 saturated carbocycles. The van der Waals surface area contributed by atoms with Crippen molar-refractivity contribution in [3.8, 4) is 0 Å². The number of halogens is 1. The molecule has 1 spiro atoms. The average Bonchev–Trinajstić information content (AvgIpc) is 3.04. The largest absolute Gasteiger partial charge is 0.382 e. The molecule has 0 bridgehead atoms. The molecule has 4 N–H and O–H groups in total. The number of benzene rings is 1. The van der Waals surface area contributed by atoms with Crippen molar-refractivity contribution in [2.45, 2.75) is 37.1 Å². The summed E-state index contributed by atoms with van der Waals surface area (Å²) in [6.45, 7) is 7.46. The van der Waals surface area contributed by atoms with E-state index in [0.717, 1.165) is 48.1 Å². The fourth-order valence-electron chi connectivity index (χ4n) is 4.56. The van der Waals surface area contributed by atoms with Crippen LogP contribution in [0, 0.1) is 5.41 Å². The number of piperidine rings is 1. The van der Waals surface area contributed by atoms with Crippen LogP contribution in [-0.2, 0) is 6.42 Å². The minimum atomic E-state index is 0.101. The zero-order chi connectivity index (χ0) is 22.0. The Labute approximate surface area is 192 Å². The average molecular weight is 455 g/mol. The molecule has 6 nitrogen and oxygen atoms in total. The van der Waals surface area contributed by atoms with Gasteiger partial charge >= 0.3 is 0 Å². The van der Waals surface area contributed by atoms with Crippen LogP contribution in [0.4, 0.5) is 5.82 Å². The Morgan fingerprint density at radius 2 is 2.06 bits per heavy atom. The summed E-state index contributed by atoms with van der Waals surface area (Å²) in [7, 11) is 0. The van der Waals surface area contributed by atoms with Gasteiger partial charge in [0.25, 0.3) is 0 Å². The van der Waals surface area contributed by atoms with Gasteiger partial charge < -0.3 is 16.4 Å². The van der Waals surface area contributed by atoms with E-state index < -0.39 is 0 Å². The van der Waals surface area contributed by atoms with Gasteiger partial charge in [-0.15, -0.1) is 0 Å². The van der Waals surface area contributed by atoms with E-state index in [4.69, 9.17) is 23.1 Å². The van der Waals surface area contributed by atoms with E-state index in [-0.39, 0.29) is 11.5 Å². The summed E-state index contributed by atoms with van der Waals surface area (Å²) in [6.07, 6.45) is 6.52. The van der Waals surface area contributed by atoms with Gasteiger partial charge in [0.2, 0.25) is 0 Å². The Kier molecular flexibility index (Phi) is 6.36. The van der Waals surface area contributed by atoms with Crippen molar-refractivity contribution in [1.29, 1.82) is 0 Å². The summed E-state index contributed by atoms with van der Waals surface area (Å²) >= 11 is 7.68. The molecule has 1 saturated heterocycles. The number of pyridine rings is 1. The predicted molar refractivity (Wildman–Crippen MR) is 131 cm³/mol. The van der Waals surface area contributed by atoms with E-state index in [1.54, 1.807) is 12.4 Å². The standard InChI is InChI=1S/C23H27ClN6S/c1-15(31-18-7-10-28-22(26)20(18)24)29-14-19(27-2)30-11-8-23(9-12-30)13-16-5-3-4-6-17(16)21(23)25/h3-7,10,14,21H,2,8-9,11-13,25H2,1H3,(H2,26,28)/b19-14+,29-15+/t21-/m0/s1. The molecule has 31 heavy (non-hydrogen) atoms. The number of fused-ring (bicyclic) bond motifs is 1. The molecule has 0 amide bonds. The van der Waals surface area contributed by atoms with E-state index in [9.17, 15) is 0 Å². The number of hydrogen-bond donors (Lipinski definition) is 2. The third-order valence-electron chi connectivity index (χ3n) is 6.34. The third-order valence-corrected chi connectivity index (χ3v) is 7.81. The highest BCUT2D eigenvalue weighted by Gasteiger charge is 2.45. The molecule has 1 atom stereocenters. The molecule has 162 valence electrons. The molecule has 2 aromatic rings. The van der Waals surface area contributed by atoms with Crippen molar-refractivity contribution in [2.24, 2.45) is 21.1 Å². The monoisotopic (exact) mass is 454 g/mol. The van der Waals surface area contributed by atoms with Gasteiger partial charge in [-0.25, -0.2) is 9.98 Å². The van der Waals surface area contributed by atoms with Gasteiger partial charge in [-0.05, 0) is 55.5 Å². The molecular formula is C23H27ClN6S. The SMILES string of the molecule is C=N/C(=C\N=C(/C)Sc1ccnc(N)c1Cl)N1CCC2(CC1)Cc1ccccc1[C@@H]2N. The molecule has 2 heterocycles. The van der Waals surface area contributed by atoms with Gasteiger partial charge in [0.1, 0.15) is 11.6 Å². The number of anilines is 1. The Morgan fingerprint density at radius 1 is 1.32 bits per heavy atom. The number of aromatic nitrogens is 1. The maximum atomic E-state index is 6.69. The molecule has 2 aliphatic rings. The fraction of sp³-hybridized carbons (Fsp3) is 0.348. The predicted octanol–water partition coefficient (Wildman–Crippen LogP) is 4.67. The third kappa shape index (κ3) is 4.35. The number of thioether (sulfide) groups is 1. The van der Waals surface area contributed by atoms with Crippen molar-refractivity contribution in [3.05, 3.63) is 64.7 Å². The number of likely N-dealkylation sites (tertiary alicyclic amines) is 1. The van der Waals surface area contributed by atoms with Gasteiger partial charge in [-0.3, -0.25) is 4.99 Å². The molecule has 0 unspecified atom stereocenters. The maximum absolute atomic E-state index is 6.69. The molecule has 0 radical (unpaired) electrons. The highest BCUT2D eigenvalue weighted by molar-refractivity contribution is 8.14. The molecule has 1 aromatic carbocycles. The minimum Gasteiger partial charge on any atom is -0.382 e. The quantitative estimate of drug-likeness (QED) is 0.398. The van der Waals surface area contributed by atoms with Crippen LogP contribution in [0.15, 0.2) is 63.4 Å². The highest BCUT2D eigenvalue weighted by atomic mass is 35.5. The number of hydrogen-bond acceptors (Lipinski definition) is 7. The van der Waals surface area contributed by atoms with E-state index >= 15 is 0 Å². The van der Waals surface area contributed by atoms with Crippen LogP contribution in [0.25, 0.3) is 0 Å². The maximum Gasteiger partial charge on any atom is 0.146 e. The lowest BCUT2D eigenvalue weighted by Gasteiger charge is -2.42. The van der Waals surface area contributed by atoms with Crippen LogP contribution in [0.3, 0.4) is 0 Å². The molecule has 1 aromatic heterocycles. The van der Waals surface area contributed by atoms with Crippen molar-refractivity contribution in [2.75, 3.05) is 18.8 Å². The summed E-state index contributed by atoms with van der Waals surface area (Å²) < 4.78 is 0. The van der Waals surface area contributed by atoms with E-state index in [1.807, 2.05) is 13.0 Å². The summed E-state index contributed by atoms with van der Waals surface area (Å²) in [5, 5.41) is 1.28. The van der Waals surface area contributed by atoms with Gasteiger partial charge in [0.05, 0.1) is 16.3 Å².